The number of hydrogen-bond donors (Lipinski definition) is 1. The summed E-state index contributed by atoms with van der Waals surface area (Å²) in [7, 11) is 3.60. The third-order valence-corrected chi connectivity index (χ3v) is 5.62. The molecular weight excluding hydrogens is 330 g/mol. The van der Waals surface area contributed by atoms with E-state index in [0.29, 0.717) is 6.54 Å². The molecule has 0 radical (unpaired) electrons. The third-order valence-electron chi connectivity index (χ3n) is 3.32. The molecule has 3 aromatic rings. The summed E-state index contributed by atoms with van der Waals surface area (Å²) < 4.78 is 7.18. The zero-order valence-corrected chi connectivity index (χ0v) is 14.5. The van der Waals surface area contributed by atoms with E-state index in [0.717, 1.165) is 33.1 Å². The number of methoxy groups -OCH3 is 1. The van der Waals surface area contributed by atoms with Crippen molar-refractivity contribution in [2.45, 2.75) is 17.5 Å². The lowest BCUT2D eigenvalue weighted by Gasteiger charge is -2.01. The normalized spacial score (nSPS) is 10.9. The topological polar surface area (TPSA) is 78.8 Å². The number of nitrogens with two attached hydrogens (primary N) is 1. The largest absolute Gasteiger partial charge is 0.497 e. The van der Waals surface area contributed by atoms with Gasteiger partial charge in [-0.3, -0.25) is 0 Å². The van der Waals surface area contributed by atoms with E-state index in [9.17, 15) is 0 Å². The van der Waals surface area contributed by atoms with Gasteiger partial charge < -0.3 is 15.0 Å². The SMILES string of the molecule is COc1cccc(-c2ncc(CSc3nnc(CN)n3C)s2)c1. The smallest absolute Gasteiger partial charge is 0.191 e. The molecule has 2 aromatic heterocycles. The predicted molar refractivity (Wildman–Crippen MR) is 92.6 cm³/mol. The van der Waals surface area contributed by atoms with Crippen LogP contribution < -0.4 is 10.5 Å². The maximum atomic E-state index is 5.61. The Hall–Kier alpha value is -1.90. The van der Waals surface area contributed by atoms with Crippen LogP contribution in [0.15, 0.2) is 35.6 Å². The Bertz CT molecular complexity index is 799. The first-order chi connectivity index (χ1) is 11.2. The molecule has 0 aliphatic rings. The Labute approximate surface area is 142 Å². The minimum absolute atomic E-state index is 0.393. The van der Waals surface area contributed by atoms with Gasteiger partial charge in [0, 0.05) is 29.4 Å². The molecule has 6 nitrogen and oxygen atoms in total. The lowest BCUT2D eigenvalue weighted by atomic mass is 10.2. The predicted octanol–water partition coefficient (Wildman–Crippen LogP) is 2.70. The lowest BCUT2D eigenvalue weighted by Crippen LogP contribution is -2.05. The first-order valence-corrected chi connectivity index (χ1v) is 8.81. The number of aromatic nitrogens is 4. The fourth-order valence-electron chi connectivity index (χ4n) is 2.05. The standard InChI is InChI=1S/C15H17N5OS2/c1-20-13(7-16)18-19-15(20)22-9-12-8-17-14(23-12)10-4-3-5-11(6-10)21-2/h3-6,8H,7,9,16H2,1-2H3. The molecule has 0 aliphatic heterocycles. The van der Waals surface area contributed by atoms with E-state index in [4.69, 9.17) is 10.5 Å². The molecule has 3 rings (SSSR count). The maximum Gasteiger partial charge on any atom is 0.191 e. The van der Waals surface area contributed by atoms with E-state index in [1.54, 1.807) is 30.2 Å². The second-order valence-corrected chi connectivity index (χ2v) is 6.87. The van der Waals surface area contributed by atoms with Gasteiger partial charge in [-0.2, -0.15) is 0 Å². The van der Waals surface area contributed by atoms with E-state index in [-0.39, 0.29) is 0 Å². The maximum absolute atomic E-state index is 5.61. The fourth-order valence-corrected chi connectivity index (χ4v) is 3.91. The molecule has 0 unspecified atom stereocenters. The Morgan fingerprint density at radius 3 is 2.96 bits per heavy atom. The van der Waals surface area contributed by atoms with Gasteiger partial charge in [0.2, 0.25) is 0 Å². The van der Waals surface area contributed by atoms with Crippen LogP contribution in [-0.4, -0.2) is 26.9 Å². The Kier molecular flexibility index (Phi) is 4.94. The first-order valence-electron chi connectivity index (χ1n) is 7.01. The summed E-state index contributed by atoms with van der Waals surface area (Å²) in [5.41, 5.74) is 6.68. The minimum atomic E-state index is 0.393. The number of thioether (sulfide) groups is 1. The number of hydrogen-bond acceptors (Lipinski definition) is 7. The molecule has 0 saturated heterocycles. The van der Waals surface area contributed by atoms with Gasteiger partial charge in [-0.25, -0.2) is 4.98 Å². The van der Waals surface area contributed by atoms with E-state index in [1.807, 2.05) is 42.1 Å². The fraction of sp³-hybridized carbons (Fsp3) is 0.267. The molecule has 0 aliphatic carbocycles. The van der Waals surface area contributed by atoms with Crippen LogP contribution in [0.25, 0.3) is 10.6 Å². The molecule has 23 heavy (non-hydrogen) atoms. The highest BCUT2D eigenvalue weighted by Crippen LogP contribution is 2.31. The molecule has 120 valence electrons. The van der Waals surface area contributed by atoms with Crippen LogP contribution in [0.1, 0.15) is 10.7 Å². The average Bonchev–Trinajstić information content (AvgIpc) is 3.19. The summed E-state index contributed by atoms with van der Waals surface area (Å²) in [6, 6.07) is 7.93. The summed E-state index contributed by atoms with van der Waals surface area (Å²) in [5.74, 6) is 2.42. The van der Waals surface area contributed by atoms with E-state index >= 15 is 0 Å². The van der Waals surface area contributed by atoms with Crippen molar-refractivity contribution in [3.05, 3.63) is 41.2 Å². The molecule has 2 heterocycles. The van der Waals surface area contributed by atoms with Crippen LogP contribution >= 0.6 is 23.1 Å². The molecule has 2 N–H and O–H groups in total. The first kappa shape index (κ1) is 16.0. The lowest BCUT2D eigenvalue weighted by molar-refractivity contribution is 0.415. The van der Waals surface area contributed by atoms with Crippen LogP contribution in [0.5, 0.6) is 5.75 Å². The van der Waals surface area contributed by atoms with Gasteiger partial charge >= 0.3 is 0 Å². The molecule has 8 heteroatoms. The van der Waals surface area contributed by atoms with E-state index in [2.05, 4.69) is 15.2 Å². The van der Waals surface area contributed by atoms with Gasteiger partial charge in [-0.1, -0.05) is 23.9 Å². The van der Waals surface area contributed by atoms with Gasteiger partial charge in [-0.15, -0.1) is 21.5 Å². The van der Waals surface area contributed by atoms with Gasteiger partial charge in [-0.05, 0) is 12.1 Å². The highest BCUT2D eigenvalue weighted by Gasteiger charge is 2.10. The number of thiazole rings is 1. The summed E-state index contributed by atoms with van der Waals surface area (Å²) in [5, 5.41) is 10.1. The zero-order chi connectivity index (χ0) is 16.2. The van der Waals surface area contributed by atoms with Gasteiger partial charge in [0.1, 0.15) is 16.6 Å². The van der Waals surface area contributed by atoms with E-state index < -0.39 is 0 Å². The van der Waals surface area contributed by atoms with Crippen molar-refractivity contribution in [3.63, 3.8) is 0 Å². The summed E-state index contributed by atoms with van der Waals surface area (Å²) in [6.45, 7) is 0.393. The molecule has 0 atom stereocenters. The molecule has 1 aromatic carbocycles. The third kappa shape index (κ3) is 3.54. The van der Waals surface area contributed by atoms with Crippen molar-refractivity contribution in [2.24, 2.45) is 12.8 Å². The van der Waals surface area contributed by atoms with Crippen molar-refractivity contribution in [1.29, 1.82) is 0 Å². The molecular formula is C15H17N5OS2. The number of rotatable bonds is 6. The average molecular weight is 347 g/mol. The summed E-state index contributed by atoms with van der Waals surface area (Å²) in [4.78, 5) is 5.69. The molecule has 0 saturated carbocycles. The Morgan fingerprint density at radius 2 is 2.22 bits per heavy atom. The second kappa shape index (κ2) is 7.12. The number of nitrogens with zero attached hydrogens (tertiary/aromatic N) is 4. The number of benzene rings is 1. The summed E-state index contributed by atoms with van der Waals surface area (Å²) >= 11 is 3.31. The minimum Gasteiger partial charge on any atom is -0.497 e. The Balaban J connectivity index is 1.70. The van der Waals surface area contributed by atoms with Crippen molar-refractivity contribution in [2.75, 3.05) is 7.11 Å². The van der Waals surface area contributed by atoms with Gasteiger partial charge in [0.25, 0.3) is 0 Å². The van der Waals surface area contributed by atoms with E-state index in [1.165, 1.54) is 4.88 Å². The van der Waals surface area contributed by atoms with Crippen LogP contribution in [0.4, 0.5) is 0 Å². The highest BCUT2D eigenvalue weighted by molar-refractivity contribution is 7.98. The zero-order valence-electron chi connectivity index (χ0n) is 12.9. The second-order valence-electron chi connectivity index (χ2n) is 4.81. The van der Waals surface area contributed by atoms with Crippen molar-refractivity contribution in [1.82, 2.24) is 19.7 Å². The van der Waals surface area contributed by atoms with Crippen LogP contribution in [0.3, 0.4) is 0 Å². The number of ether oxygens (including phenoxy) is 1. The molecule has 0 bridgehead atoms. The summed E-state index contributed by atoms with van der Waals surface area (Å²) in [6.07, 6.45) is 1.91. The molecule has 0 amide bonds. The van der Waals surface area contributed by atoms with Crippen molar-refractivity contribution < 1.29 is 4.74 Å². The van der Waals surface area contributed by atoms with Crippen LogP contribution in [0, 0.1) is 0 Å². The quantitative estimate of drug-likeness (QED) is 0.691. The van der Waals surface area contributed by atoms with Crippen LogP contribution in [0.2, 0.25) is 0 Å². The van der Waals surface area contributed by atoms with Gasteiger partial charge in [0.15, 0.2) is 5.16 Å². The molecule has 0 spiro atoms. The van der Waals surface area contributed by atoms with Gasteiger partial charge in [0.05, 0.1) is 13.7 Å². The van der Waals surface area contributed by atoms with Crippen LogP contribution in [-0.2, 0) is 19.3 Å². The van der Waals surface area contributed by atoms with Crippen molar-refractivity contribution >= 4 is 23.1 Å². The van der Waals surface area contributed by atoms with Crippen molar-refractivity contribution in [3.8, 4) is 16.3 Å². The Morgan fingerprint density at radius 1 is 1.35 bits per heavy atom. The monoisotopic (exact) mass is 347 g/mol. The highest BCUT2D eigenvalue weighted by atomic mass is 32.2. The molecule has 0 fully saturated rings.